The number of amides is 1. The molecule has 1 aliphatic rings. The minimum Gasteiger partial charge on any atom is -0.481 e. The summed E-state index contributed by atoms with van der Waals surface area (Å²) >= 11 is 0. The second-order valence-corrected chi connectivity index (χ2v) is 5.28. The zero-order valence-electron chi connectivity index (χ0n) is 11.5. The number of carbonyl (C=O) groups is 2. The van der Waals surface area contributed by atoms with Crippen molar-refractivity contribution in [3.63, 3.8) is 0 Å². The third-order valence-electron chi connectivity index (χ3n) is 3.77. The third kappa shape index (κ3) is 3.36. The summed E-state index contributed by atoms with van der Waals surface area (Å²) in [4.78, 5) is 33.2. The number of nitrogens with one attached hydrogen (secondary N) is 1. The Labute approximate surface area is 121 Å². The van der Waals surface area contributed by atoms with Crippen molar-refractivity contribution in [3.05, 3.63) is 39.4 Å². The van der Waals surface area contributed by atoms with Gasteiger partial charge in [-0.2, -0.15) is 0 Å². The lowest BCUT2D eigenvalue weighted by atomic mass is 10.1. The van der Waals surface area contributed by atoms with Crippen LogP contribution in [-0.4, -0.2) is 27.9 Å². The SMILES string of the molecule is Cc1cc(C(=O)NC2CCC(C(=O)O)C2)ccc1[N+](=O)[O-]. The molecular formula is C14H16N2O5. The highest BCUT2D eigenvalue weighted by atomic mass is 16.6. The number of hydrogen-bond donors (Lipinski definition) is 2. The van der Waals surface area contributed by atoms with Gasteiger partial charge in [0.2, 0.25) is 0 Å². The van der Waals surface area contributed by atoms with Crippen molar-refractivity contribution < 1.29 is 19.6 Å². The molecule has 7 heteroatoms. The molecule has 112 valence electrons. The van der Waals surface area contributed by atoms with Crippen molar-refractivity contribution in [3.8, 4) is 0 Å². The molecular weight excluding hydrogens is 276 g/mol. The van der Waals surface area contributed by atoms with E-state index in [-0.39, 0.29) is 17.6 Å². The summed E-state index contributed by atoms with van der Waals surface area (Å²) < 4.78 is 0. The van der Waals surface area contributed by atoms with Crippen molar-refractivity contribution in [1.29, 1.82) is 0 Å². The second-order valence-electron chi connectivity index (χ2n) is 5.28. The maximum absolute atomic E-state index is 12.1. The van der Waals surface area contributed by atoms with E-state index in [1.54, 1.807) is 6.92 Å². The van der Waals surface area contributed by atoms with Crippen molar-refractivity contribution in [2.24, 2.45) is 5.92 Å². The lowest BCUT2D eigenvalue weighted by Crippen LogP contribution is -2.33. The third-order valence-corrected chi connectivity index (χ3v) is 3.77. The highest BCUT2D eigenvalue weighted by molar-refractivity contribution is 5.95. The van der Waals surface area contributed by atoms with Crippen LogP contribution in [0.15, 0.2) is 18.2 Å². The van der Waals surface area contributed by atoms with Gasteiger partial charge in [0.15, 0.2) is 0 Å². The highest BCUT2D eigenvalue weighted by Crippen LogP contribution is 2.26. The molecule has 0 bridgehead atoms. The largest absolute Gasteiger partial charge is 0.481 e. The van der Waals surface area contributed by atoms with Crippen molar-refractivity contribution in [1.82, 2.24) is 5.32 Å². The molecule has 21 heavy (non-hydrogen) atoms. The number of carbonyl (C=O) groups excluding carboxylic acids is 1. The number of aliphatic carboxylic acids is 1. The molecule has 0 aliphatic heterocycles. The first-order valence-corrected chi connectivity index (χ1v) is 6.67. The Kier molecular flexibility index (Phi) is 4.21. The fourth-order valence-electron chi connectivity index (χ4n) is 2.61. The van der Waals surface area contributed by atoms with Crippen LogP contribution in [0.2, 0.25) is 0 Å². The first-order valence-electron chi connectivity index (χ1n) is 6.67. The lowest BCUT2D eigenvalue weighted by Gasteiger charge is -2.12. The minimum atomic E-state index is -0.835. The number of carboxylic acids is 1. The van der Waals surface area contributed by atoms with Gasteiger partial charge in [-0.15, -0.1) is 0 Å². The lowest BCUT2D eigenvalue weighted by molar-refractivity contribution is -0.385. The Balaban J connectivity index is 2.03. The molecule has 0 aromatic heterocycles. The van der Waals surface area contributed by atoms with Crippen LogP contribution in [0.3, 0.4) is 0 Å². The molecule has 0 saturated heterocycles. The van der Waals surface area contributed by atoms with Crippen molar-refractivity contribution >= 4 is 17.6 Å². The number of hydrogen-bond acceptors (Lipinski definition) is 4. The van der Waals surface area contributed by atoms with Gasteiger partial charge >= 0.3 is 5.97 Å². The molecule has 2 N–H and O–H groups in total. The maximum Gasteiger partial charge on any atom is 0.306 e. The summed E-state index contributed by atoms with van der Waals surface area (Å²) in [5.74, 6) is -1.57. The van der Waals surface area contributed by atoms with E-state index in [9.17, 15) is 19.7 Å². The Morgan fingerprint density at radius 3 is 2.62 bits per heavy atom. The normalized spacial score (nSPS) is 21.0. The number of benzene rings is 1. The summed E-state index contributed by atoms with van der Waals surface area (Å²) in [6, 6.07) is 4.02. The van der Waals surface area contributed by atoms with E-state index in [2.05, 4.69) is 5.32 Å². The van der Waals surface area contributed by atoms with Gasteiger partial charge in [-0.1, -0.05) is 0 Å². The molecule has 1 fully saturated rings. The van der Waals surface area contributed by atoms with E-state index in [1.165, 1.54) is 18.2 Å². The number of carboxylic acid groups (broad SMARTS) is 1. The average Bonchev–Trinajstić information content (AvgIpc) is 2.86. The van der Waals surface area contributed by atoms with E-state index < -0.39 is 16.8 Å². The molecule has 0 heterocycles. The van der Waals surface area contributed by atoms with E-state index in [0.717, 1.165) is 0 Å². The average molecular weight is 292 g/mol. The molecule has 0 radical (unpaired) electrons. The molecule has 1 saturated carbocycles. The van der Waals surface area contributed by atoms with Gasteiger partial charge in [0.05, 0.1) is 10.8 Å². The number of rotatable bonds is 4. The molecule has 1 aromatic rings. The van der Waals surface area contributed by atoms with Crippen LogP contribution < -0.4 is 5.32 Å². The van der Waals surface area contributed by atoms with Crippen LogP contribution >= 0.6 is 0 Å². The fraction of sp³-hybridized carbons (Fsp3) is 0.429. The van der Waals surface area contributed by atoms with E-state index in [0.29, 0.717) is 30.4 Å². The molecule has 2 rings (SSSR count). The predicted molar refractivity (Wildman–Crippen MR) is 74.1 cm³/mol. The summed E-state index contributed by atoms with van der Waals surface area (Å²) in [5, 5.41) is 22.4. The fourth-order valence-corrected chi connectivity index (χ4v) is 2.61. The Morgan fingerprint density at radius 2 is 2.10 bits per heavy atom. The minimum absolute atomic E-state index is 0.0293. The Bertz CT molecular complexity index is 599. The topological polar surface area (TPSA) is 110 Å². The Hall–Kier alpha value is -2.44. The van der Waals surface area contributed by atoms with Gasteiger partial charge in [-0.3, -0.25) is 19.7 Å². The van der Waals surface area contributed by atoms with Gasteiger partial charge in [0, 0.05) is 23.2 Å². The number of nitro benzene ring substituents is 1. The monoisotopic (exact) mass is 292 g/mol. The van der Waals surface area contributed by atoms with Crippen LogP contribution in [0.5, 0.6) is 0 Å². The summed E-state index contributed by atoms with van der Waals surface area (Å²) in [7, 11) is 0. The smallest absolute Gasteiger partial charge is 0.306 e. The first-order chi connectivity index (χ1) is 9.88. The van der Waals surface area contributed by atoms with Gasteiger partial charge in [0.25, 0.3) is 11.6 Å². The molecule has 1 aromatic carbocycles. The Morgan fingerprint density at radius 1 is 1.38 bits per heavy atom. The zero-order valence-corrected chi connectivity index (χ0v) is 11.5. The molecule has 7 nitrogen and oxygen atoms in total. The number of nitro groups is 1. The quantitative estimate of drug-likeness (QED) is 0.650. The van der Waals surface area contributed by atoms with Crippen LogP contribution in [0, 0.1) is 23.0 Å². The van der Waals surface area contributed by atoms with E-state index >= 15 is 0 Å². The van der Waals surface area contributed by atoms with Crippen molar-refractivity contribution in [2.75, 3.05) is 0 Å². The molecule has 1 amide bonds. The number of nitrogens with zero attached hydrogens (tertiary/aromatic N) is 1. The first kappa shape index (κ1) is 15.0. The van der Waals surface area contributed by atoms with Gasteiger partial charge in [-0.25, -0.2) is 0 Å². The standard InChI is InChI=1S/C14H16N2O5/c1-8-6-9(3-5-12(8)16(20)21)13(17)15-11-4-2-10(7-11)14(18)19/h3,5-6,10-11H,2,4,7H2,1H3,(H,15,17)(H,18,19). The molecule has 1 aliphatic carbocycles. The van der Waals surface area contributed by atoms with Crippen LogP contribution in [0.25, 0.3) is 0 Å². The van der Waals surface area contributed by atoms with Crippen LogP contribution in [0.4, 0.5) is 5.69 Å². The van der Waals surface area contributed by atoms with E-state index in [4.69, 9.17) is 5.11 Å². The van der Waals surface area contributed by atoms with Crippen LogP contribution in [0.1, 0.15) is 35.2 Å². The predicted octanol–water partition coefficient (Wildman–Crippen LogP) is 1.89. The van der Waals surface area contributed by atoms with Crippen molar-refractivity contribution in [2.45, 2.75) is 32.2 Å². The van der Waals surface area contributed by atoms with E-state index in [1.807, 2.05) is 0 Å². The summed E-state index contributed by atoms with van der Waals surface area (Å²) in [6.45, 7) is 1.57. The zero-order chi connectivity index (χ0) is 15.6. The highest BCUT2D eigenvalue weighted by Gasteiger charge is 2.30. The second kappa shape index (κ2) is 5.90. The van der Waals surface area contributed by atoms with Gasteiger partial charge < -0.3 is 10.4 Å². The summed E-state index contributed by atoms with van der Waals surface area (Å²) in [5.41, 5.74) is 0.734. The van der Waals surface area contributed by atoms with Gasteiger partial charge in [0.1, 0.15) is 0 Å². The molecule has 2 atom stereocenters. The summed E-state index contributed by atoms with van der Waals surface area (Å²) in [6.07, 6.45) is 1.61. The van der Waals surface area contributed by atoms with Gasteiger partial charge in [-0.05, 0) is 38.3 Å². The van der Waals surface area contributed by atoms with Crippen LogP contribution in [-0.2, 0) is 4.79 Å². The molecule has 0 spiro atoms. The molecule has 2 unspecified atom stereocenters. The maximum atomic E-state index is 12.1. The number of aryl methyl sites for hydroxylation is 1.